The number of carbonyl (C=O) groups is 9. The number of anilines is 1. The lowest BCUT2D eigenvalue weighted by molar-refractivity contribution is -0.292. The van der Waals surface area contributed by atoms with Crippen LogP contribution in [0, 0.1) is 11.8 Å². The number of rotatable bonds is 24. The van der Waals surface area contributed by atoms with Crippen LogP contribution in [0.5, 0.6) is 0 Å². The summed E-state index contributed by atoms with van der Waals surface area (Å²) in [7, 11) is 1.59. The highest BCUT2D eigenvalue weighted by Gasteiger charge is 2.69. The lowest BCUT2D eigenvalue weighted by Crippen LogP contribution is -2.61. The van der Waals surface area contributed by atoms with Gasteiger partial charge in [0.25, 0.3) is 11.8 Å². The summed E-state index contributed by atoms with van der Waals surface area (Å²) < 4.78 is 72.5. The molecule has 2 aromatic carbocycles. The first kappa shape index (κ1) is 85.0. The summed E-state index contributed by atoms with van der Waals surface area (Å²) in [6.07, 6.45) is 5.54. The van der Waals surface area contributed by atoms with E-state index in [-0.39, 0.29) is 142 Å². The number of methoxy groups -OCH3 is 1. The average molecular weight is 1620 g/mol. The Morgan fingerprint density at radius 2 is 1.34 bits per heavy atom. The highest BCUT2D eigenvalue weighted by atomic mass is 16.8. The molecule has 1 spiro atoms. The zero-order valence-corrected chi connectivity index (χ0v) is 67.0. The van der Waals surface area contributed by atoms with Crippen molar-refractivity contribution in [3.05, 3.63) is 102 Å². The SMILES string of the molecule is C=C1C[C@@H]2CC[C@@]34C[C@H]5OC6C(O[C@H]7CC[C@H](CC(=O)C[C@@H]8[C@@H](OC)[C@@H](C[C@H](O)CNC(=O)OCc9ccc(NC(=O)CNC(=O)[C@H](Cc%10ccccc%10)NC(=O)CNC(=O)CN%10CCN%11CCOCCN(CC%10)CCN(C(=O)CCCCCN%10C(=O)C=CC%10=O)CC%11)cc9)O[C@H]8C[C@H]8O[C@@H](CC[C@@H]1O2)C[C@@H](C)C8=C)O[C@@H]7[C@@H]6O3)[C@H]5O4. The van der Waals surface area contributed by atoms with Crippen molar-refractivity contribution in [3.63, 3.8) is 0 Å². The predicted molar refractivity (Wildman–Crippen MR) is 420 cm³/mol. The Balaban J connectivity index is 0.519. The van der Waals surface area contributed by atoms with Gasteiger partial charge in [0, 0.05) is 161 Å². The monoisotopic (exact) mass is 1610 g/mol. The van der Waals surface area contributed by atoms with Crippen molar-refractivity contribution < 1.29 is 100 Å². The molecule has 116 heavy (non-hydrogen) atoms. The number of unbranched alkanes of at least 4 members (excludes halogenated alkanes) is 2. The normalized spacial score (nSPS) is 34.1. The van der Waals surface area contributed by atoms with E-state index in [1.54, 1.807) is 31.4 Å². The quantitative estimate of drug-likeness (QED) is 0.0497. The molecule has 31 heteroatoms. The van der Waals surface area contributed by atoms with E-state index in [2.05, 4.69) is 61.4 Å². The summed E-state index contributed by atoms with van der Waals surface area (Å²) in [4.78, 5) is 129. The van der Waals surface area contributed by atoms with Crippen LogP contribution in [0.3, 0.4) is 0 Å². The largest absolute Gasteiger partial charge is 0.445 e. The fourth-order valence-corrected chi connectivity index (χ4v) is 19.0. The number of ether oxygens (including phenoxy) is 11. The Bertz CT molecular complexity index is 3800. The molecule has 4 unspecified atom stereocenters. The zero-order valence-electron chi connectivity index (χ0n) is 67.0. The van der Waals surface area contributed by atoms with Gasteiger partial charge in [-0.25, -0.2) is 4.79 Å². The van der Waals surface area contributed by atoms with E-state index in [1.807, 2.05) is 35.2 Å². The van der Waals surface area contributed by atoms with Crippen molar-refractivity contribution in [2.75, 3.05) is 124 Å². The van der Waals surface area contributed by atoms with Crippen molar-refractivity contribution in [3.8, 4) is 0 Å². The number of imide groups is 1. The molecule has 13 fully saturated rings. The van der Waals surface area contributed by atoms with Crippen LogP contribution >= 0.6 is 0 Å². The van der Waals surface area contributed by atoms with Crippen LogP contribution < -0.4 is 26.6 Å². The smallest absolute Gasteiger partial charge is 0.407 e. The Morgan fingerprint density at radius 3 is 2.09 bits per heavy atom. The van der Waals surface area contributed by atoms with Gasteiger partial charge in [-0.3, -0.25) is 58.0 Å². The van der Waals surface area contributed by atoms with Crippen LogP contribution in [-0.2, 0) is 103 Å². The molecular weight excluding hydrogens is 1500 g/mol. The van der Waals surface area contributed by atoms with Gasteiger partial charge in [0.2, 0.25) is 29.5 Å². The number of nitrogens with zero attached hydrogens (tertiary/aromatic N) is 5. The molecule has 6 N–H and O–H groups in total. The number of Topliss-reactive ketones (excluding diaryl/α,β-unsaturated/α-hetero) is 1. The first-order chi connectivity index (χ1) is 56.1. The van der Waals surface area contributed by atoms with Crippen molar-refractivity contribution in [2.24, 2.45) is 11.8 Å². The van der Waals surface area contributed by atoms with Gasteiger partial charge >= 0.3 is 6.09 Å². The Kier molecular flexibility index (Phi) is 29.0. The molecule has 13 saturated heterocycles. The molecule has 0 radical (unpaired) electrons. The van der Waals surface area contributed by atoms with Crippen LogP contribution in [0.25, 0.3) is 0 Å². The molecule has 8 amide bonds. The third-order valence-corrected chi connectivity index (χ3v) is 25.4. The van der Waals surface area contributed by atoms with Gasteiger partial charge in [0.1, 0.15) is 49.0 Å². The van der Waals surface area contributed by atoms with Gasteiger partial charge in [0.15, 0.2) is 5.79 Å². The number of ketones is 1. The van der Waals surface area contributed by atoms with Gasteiger partial charge < -0.3 is 88.7 Å². The summed E-state index contributed by atoms with van der Waals surface area (Å²) >= 11 is 0. The van der Waals surface area contributed by atoms with Crippen LogP contribution in [0.4, 0.5) is 10.5 Å². The number of nitrogens with one attached hydrogen (secondary N) is 5. The maximum atomic E-state index is 14.6. The van der Waals surface area contributed by atoms with Crippen molar-refractivity contribution >= 4 is 58.9 Å². The van der Waals surface area contributed by atoms with E-state index in [0.717, 1.165) is 48.8 Å². The summed E-state index contributed by atoms with van der Waals surface area (Å²) in [5.74, 6) is -3.79. The van der Waals surface area contributed by atoms with Crippen molar-refractivity contribution in [1.82, 2.24) is 45.8 Å². The van der Waals surface area contributed by atoms with E-state index < -0.39 is 91.3 Å². The second-order valence-corrected chi connectivity index (χ2v) is 33.6. The molecule has 0 aliphatic carbocycles. The van der Waals surface area contributed by atoms with Gasteiger partial charge in [-0.1, -0.05) is 69.0 Å². The molecule has 0 saturated carbocycles. The molecule has 14 heterocycles. The van der Waals surface area contributed by atoms with Crippen molar-refractivity contribution in [2.45, 2.75) is 239 Å². The lowest BCUT2D eigenvalue weighted by atomic mass is 9.81. The summed E-state index contributed by atoms with van der Waals surface area (Å²) in [6, 6.07) is 14.5. The number of carbonyl (C=O) groups excluding carboxylic acids is 9. The minimum Gasteiger partial charge on any atom is -0.445 e. The molecule has 634 valence electrons. The number of benzene rings is 2. The molecule has 2 aromatic rings. The van der Waals surface area contributed by atoms with Gasteiger partial charge in [-0.15, -0.1) is 0 Å². The van der Waals surface area contributed by atoms with Crippen LogP contribution in [0.2, 0.25) is 0 Å². The summed E-state index contributed by atoms with van der Waals surface area (Å²) in [5, 5.41) is 25.2. The topological polar surface area (TPSA) is 352 Å². The number of fused-ring (bicyclic) bond motifs is 18. The van der Waals surface area contributed by atoms with Crippen LogP contribution in [-0.4, -0.2) is 311 Å². The first-order valence-corrected chi connectivity index (χ1v) is 42.2. The minimum absolute atomic E-state index is 0.00177. The average Bonchev–Trinajstić information content (AvgIpc) is 1.56. The number of aliphatic hydroxyl groups is 1. The number of amides is 8. The van der Waals surface area contributed by atoms with E-state index in [1.165, 1.54) is 17.1 Å². The maximum Gasteiger partial charge on any atom is 0.407 e. The lowest BCUT2D eigenvalue weighted by Gasteiger charge is -2.47. The van der Waals surface area contributed by atoms with Gasteiger partial charge in [0.05, 0.1) is 100.0 Å². The first-order valence-electron chi connectivity index (χ1n) is 42.2. The number of aliphatic hydroxyl groups excluding tert-OH is 1. The third-order valence-electron chi connectivity index (χ3n) is 25.4. The maximum absolute atomic E-state index is 14.6. The van der Waals surface area contributed by atoms with E-state index in [9.17, 15) is 48.3 Å². The molecule has 22 atom stereocenters. The van der Waals surface area contributed by atoms with Gasteiger partial charge in [-0.2, -0.15) is 0 Å². The van der Waals surface area contributed by atoms with Gasteiger partial charge in [-0.05, 0) is 98.1 Å². The second-order valence-electron chi connectivity index (χ2n) is 33.6. The highest BCUT2D eigenvalue weighted by Crippen LogP contribution is 2.55. The molecule has 16 rings (SSSR count). The second kappa shape index (κ2) is 39.6. The number of hydrogen-bond donors (Lipinski definition) is 6. The fraction of sp³-hybridized carbons (Fsp3) is 0.682. The van der Waals surface area contributed by atoms with E-state index >= 15 is 0 Å². The third kappa shape index (κ3) is 21.9. The molecule has 0 aromatic heterocycles. The fourth-order valence-electron chi connectivity index (χ4n) is 19.0. The number of alkyl carbamates (subject to hydrolysis) is 1. The Labute approximate surface area is 678 Å². The minimum atomic E-state index is -1.10. The Morgan fingerprint density at radius 1 is 0.638 bits per heavy atom. The summed E-state index contributed by atoms with van der Waals surface area (Å²) in [6.45, 7) is 17.3. The van der Waals surface area contributed by atoms with E-state index in [0.29, 0.717) is 154 Å². The molecular formula is C85H118N10O21. The molecule has 14 aliphatic rings. The predicted octanol–water partition coefficient (Wildman–Crippen LogP) is 3.57. The van der Waals surface area contributed by atoms with Crippen molar-refractivity contribution in [1.29, 1.82) is 0 Å². The summed E-state index contributed by atoms with van der Waals surface area (Å²) in [5.41, 5.74) is 3.79. The van der Waals surface area contributed by atoms with E-state index in [4.69, 9.17) is 52.1 Å². The highest BCUT2D eigenvalue weighted by molar-refractivity contribution is 6.12. The molecule has 14 bridgehead atoms. The molecule has 31 nitrogen and oxygen atoms in total. The van der Waals surface area contributed by atoms with Crippen LogP contribution in [0.15, 0.2) is 91.1 Å². The molecule has 14 aliphatic heterocycles. The standard InChI is InChI=1S/C85H118N10O21/c1-52-39-60-18-20-65-53(2)40-62(109-65)24-25-85-46-70-79(115-85)80-81(114-70)82(116-85)78-66(113-80)21-19-61(111-78)42-58(96)43-63-68(45-67(110-60)54(52)3)112-69(77(63)106-4)44-59(97)47-88-84(105)108-51-56-14-16-57(17-15-56)89-71(98)49-87-83(104)64(41-55-11-7-5-8-12-55)90-72(99)48-86-73(100)50-93-29-27-91-31-33-94(34-32-92(28-30-93)36-38-107-37-35-91)74(101)13-9-6-10-26-95-75(102)22-23-76(95)103/h5,7-8,11-12,14-17,22-23,52,59-70,77-82,97H,2-3,6,9-10,13,18-21,24-51H2,1,4H3,(H,86,100)(H,87,104)(H,88,105)(H,89,98)(H,90,99)/t52-,59+,60+,61-,62+,63+,64+,65+,66+,67-,68+,69-,70-,77-,78+,79+,80?,81?,82+,85+/m1/s1. The number of hydrogen-bond acceptors (Lipinski definition) is 24. The van der Waals surface area contributed by atoms with Crippen LogP contribution in [0.1, 0.15) is 127 Å². The zero-order chi connectivity index (χ0) is 81.0. The Hall–Kier alpha value is -7.47.